The van der Waals surface area contributed by atoms with Crippen LogP contribution in [-0.2, 0) is 32.2 Å². The normalized spacial score (nSPS) is 25.5. The molecule has 0 saturated carbocycles. The fourth-order valence-electron chi connectivity index (χ4n) is 4.67. The zero-order chi connectivity index (χ0) is 22.8. The molecule has 0 radical (unpaired) electrons. The molecule has 32 heavy (non-hydrogen) atoms. The van der Waals surface area contributed by atoms with Crippen molar-refractivity contribution in [1.29, 1.82) is 0 Å². The highest BCUT2D eigenvalue weighted by Gasteiger charge is 2.46. The monoisotopic (exact) mass is 437 g/mol. The van der Waals surface area contributed by atoms with Crippen LogP contribution in [0, 0.1) is 0 Å². The Bertz CT molecular complexity index is 813. The van der Waals surface area contributed by atoms with Crippen molar-refractivity contribution >= 4 is 5.78 Å². The van der Waals surface area contributed by atoms with Gasteiger partial charge in [-0.15, -0.1) is 13.2 Å². The Labute approximate surface area is 192 Å². The highest BCUT2D eigenvalue weighted by Crippen LogP contribution is 2.34. The van der Waals surface area contributed by atoms with Crippen molar-refractivity contribution in [3.05, 3.63) is 84.9 Å². The van der Waals surface area contributed by atoms with Crippen LogP contribution in [0.1, 0.15) is 30.4 Å². The van der Waals surface area contributed by atoms with Crippen LogP contribution in [0.15, 0.2) is 73.8 Å². The summed E-state index contributed by atoms with van der Waals surface area (Å²) in [4.78, 5) is 14.7. The second-order valence-electron chi connectivity index (χ2n) is 8.23. The summed E-state index contributed by atoms with van der Waals surface area (Å²) in [5.74, 6) is 0.324. The second kappa shape index (κ2) is 12.7. The van der Waals surface area contributed by atoms with Gasteiger partial charge in [-0.1, -0.05) is 60.7 Å². The Balaban J connectivity index is 0.00000141. The van der Waals surface area contributed by atoms with Gasteiger partial charge in [0, 0.05) is 39.0 Å². The largest absolute Gasteiger partial charge is 0.383 e. The summed E-state index contributed by atoms with van der Waals surface area (Å²) < 4.78 is 18.3. The minimum absolute atomic E-state index is 0.00428. The first kappa shape index (κ1) is 24.3. The van der Waals surface area contributed by atoms with Crippen LogP contribution in [-0.4, -0.2) is 55.2 Å². The third kappa shape index (κ3) is 6.36. The molecule has 2 aliphatic heterocycles. The Morgan fingerprint density at radius 2 is 1.47 bits per heavy atom. The van der Waals surface area contributed by atoms with Gasteiger partial charge < -0.3 is 14.2 Å². The predicted molar refractivity (Wildman–Crippen MR) is 126 cm³/mol. The molecule has 4 rings (SSSR count). The molecule has 172 valence electrons. The van der Waals surface area contributed by atoms with E-state index in [2.05, 4.69) is 42.3 Å². The van der Waals surface area contributed by atoms with Gasteiger partial charge in [-0.3, -0.25) is 9.69 Å². The highest BCUT2D eigenvalue weighted by atomic mass is 16.5. The van der Waals surface area contributed by atoms with Gasteiger partial charge in [-0.2, -0.15) is 0 Å². The summed E-state index contributed by atoms with van der Waals surface area (Å²) in [6.45, 7) is 8.45. The molecule has 2 aromatic rings. The number of benzene rings is 2. The second-order valence-corrected chi connectivity index (χ2v) is 8.23. The lowest BCUT2D eigenvalue weighted by molar-refractivity contribution is -0.164. The van der Waals surface area contributed by atoms with Gasteiger partial charge in [0.25, 0.3) is 0 Å². The van der Waals surface area contributed by atoms with Gasteiger partial charge in [-0.05, 0) is 11.1 Å². The molecule has 0 spiro atoms. The van der Waals surface area contributed by atoms with E-state index in [-0.39, 0.29) is 24.3 Å². The van der Waals surface area contributed by atoms with Crippen molar-refractivity contribution in [3.8, 4) is 0 Å². The predicted octanol–water partition coefficient (Wildman–Crippen LogP) is 4.41. The molecule has 0 aliphatic carbocycles. The van der Waals surface area contributed by atoms with E-state index in [0.717, 1.165) is 24.1 Å². The molecule has 4 atom stereocenters. The first-order chi connectivity index (χ1) is 15.7. The van der Waals surface area contributed by atoms with Crippen molar-refractivity contribution in [3.63, 3.8) is 0 Å². The van der Waals surface area contributed by atoms with E-state index in [1.807, 2.05) is 36.4 Å². The number of nitrogens with zero attached hydrogens (tertiary/aromatic N) is 1. The van der Waals surface area contributed by atoms with Gasteiger partial charge in [0.1, 0.15) is 5.78 Å². The molecule has 2 heterocycles. The number of piperidine rings is 2. The summed E-state index contributed by atoms with van der Waals surface area (Å²) in [7, 11) is 1.73. The third-order valence-corrected chi connectivity index (χ3v) is 6.21. The number of rotatable bonds is 8. The fourth-order valence-corrected chi connectivity index (χ4v) is 4.67. The van der Waals surface area contributed by atoms with Crippen LogP contribution >= 0.6 is 0 Å². The molecule has 2 unspecified atom stereocenters. The summed E-state index contributed by atoms with van der Waals surface area (Å²) >= 11 is 0. The number of fused-ring (bicyclic) bond motifs is 1. The zero-order valence-corrected chi connectivity index (χ0v) is 19.0. The maximum atomic E-state index is 12.2. The molecular formula is C27H35NO4. The van der Waals surface area contributed by atoms with Crippen molar-refractivity contribution in [1.82, 2.24) is 4.90 Å². The quantitative estimate of drug-likeness (QED) is 0.573. The average molecular weight is 438 g/mol. The molecule has 5 nitrogen and oxygen atoms in total. The minimum atomic E-state index is -0.0386. The summed E-state index contributed by atoms with van der Waals surface area (Å²) in [6.07, 6.45) is 1.86. The number of Topliss-reactive ketones (excluding diaryl/α,β-unsaturated/α-hetero) is 1. The van der Waals surface area contributed by atoms with Crippen molar-refractivity contribution in [2.24, 2.45) is 0 Å². The van der Waals surface area contributed by atoms with Crippen LogP contribution in [0.3, 0.4) is 0 Å². The van der Waals surface area contributed by atoms with Crippen LogP contribution < -0.4 is 0 Å². The van der Waals surface area contributed by atoms with E-state index in [1.165, 1.54) is 0 Å². The molecule has 2 aliphatic rings. The smallest absolute Gasteiger partial charge is 0.135 e. The average Bonchev–Trinajstić information content (AvgIpc) is 2.85. The molecule has 0 bridgehead atoms. The summed E-state index contributed by atoms with van der Waals surface area (Å²) in [5.41, 5.74) is 2.30. The molecule has 5 heteroatoms. The van der Waals surface area contributed by atoms with Crippen molar-refractivity contribution in [2.75, 3.05) is 20.3 Å². The summed E-state index contributed by atoms with van der Waals surface area (Å²) in [6, 6.07) is 20.7. The van der Waals surface area contributed by atoms with Crippen molar-refractivity contribution < 1.29 is 19.0 Å². The first-order valence-corrected chi connectivity index (χ1v) is 11.3. The van der Waals surface area contributed by atoms with Crippen LogP contribution in [0.25, 0.3) is 0 Å². The number of ether oxygens (including phenoxy) is 3. The Morgan fingerprint density at radius 1 is 0.906 bits per heavy atom. The van der Waals surface area contributed by atoms with Gasteiger partial charge >= 0.3 is 0 Å². The lowest BCUT2D eigenvalue weighted by Gasteiger charge is -2.51. The van der Waals surface area contributed by atoms with Crippen molar-refractivity contribution in [2.45, 2.75) is 56.8 Å². The van der Waals surface area contributed by atoms with Gasteiger partial charge in [0.05, 0.1) is 38.1 Å². The Morgan fingerprint density at radius 3 is 2.03 bits per heavy atom. The lowest BCUT2D eigenvalue weighted by atomic mass is 9.84. The maximum absolute atomic E-state index is 12.2. The topological polar surface area (TPSA) is 48.0 Å². The van der Waals surface area contributed by atoms with E-state index in [4.69, 9.17) is 14.2 Å². The van der Waals surface area contributed by atoms with E-state index >= 15 is 0 Å². The number of carbonyl (C=O) groups excluding carboxylic acids is 1. The molecule has 0 amide bonds. The van der Waals surface area contributed by atoms with E-state index in [9.17, 15) is 4.79 Å². The van der Waals surface area contributed by atoms with Crippen LogP contribution in [0.4, 0.5) is 0 Å². The highest BCUT2D eigenvalue weighted by molar-refractivity contribution is 5.80. The lowest BCUT2D eigenvalue weighted by Crippen LogP contribution is -2.64. The summed E-state index contributed by atoms with van der Waals surface area (Å²) in [5, 5.41) is 0. The number of methoxy groups -OCH3 is 1. The van der Waals surface area contributed by atoms with E-state index < -0.39 is 0 Å². The molecule has 0 aromatic heterocycles. The SMILES string of the molecule is C=C.COC[C@H]1C(OCc2ccccc2)C[C@@H](OCc2ccccc2)C2CC(=O)CCN21. The molecule has 2 saturated heterocycles. The van der Waals surface area contributed by atoms with Crippen LogP contribution in [0.2, 0.25) is 0 Å². The fraction of sp³-hybridized carbons (Fsp3) is 0.444. The number of hydrogen-bond acceptors (Lipinski definition) is 5. The standard InChI is InChI=1S/C25H31NO4.C2H4/c1-28-18-23-25(30-17-20-10-6-3-7-11-20)15-24(22-14-21(27)12-13-26(22)23)29-16-19-8-4-2-5-9-19;1-2/h2-11,22-25H,12-18H2,1H3;1-2H2/t22?,23-,24+,25?;/m0./s1. The van der Waals surface area contributed by atoms with Crippen LogP contribution in [0.5, 0.6) is 0 Å². The third-order valence-electron chi connectivity index (χ3n) is 6.21. The molecular weight excluding hydrogens is 402 g/mol. The van der Waals surface area contributed by atoms with Gasteiger partial charge in [-0.25, -0.2) is 0 Å². The minimum Gasteiger partial charge on any atom is -0.383 e. The maximum Gasteiger partial charge on any atom is 0.135 e. The van der Waals surface area contributed by atoms with E-state index in [1.54, 1.807) is 7.11 Å². The Kier molecular flexibility index (Phi) is 9.62. The molecule has 2 aromatic carbocycles. The van der Waals surface area contributed by atoms with E-state index in [0.29, 0.717) is 38.4 Å². The molecule has 2 fully saturated rings. The number of ketones is 1. The van der Waals surface area contributed by atoms with Gasteiger partial charge in [0.15, 0.2) is 0 Å². The zero-order valence-electron chi connectivity index (χ0n) is 19.0. The van der Waals surface area contributed by atoms with Gasteiger partial charge in [0.2, 0.25) is 0 Å². The molecule has 0 N–H and O–H groups in total. The first-order valence-electron chi connectivity index (χ1n) is 11.3. The Hall–Kier alpha value is -2.31. The number of hydrogen-bond donors (Lipinski definition) is 0. The number of carbonyl (C=O) groups is 1.